The van der Waals surface area contributed by atoms with E-state index in [-0.39, 0.29) is 11.3 Å². The minimum Gasteiger partial charge on any atom is -0.508 e. The molecule has 6 atom stereocenters. The van der Waals surface area contributed by atoms with Gasteiger partial charge in [-0.1, -0.05) is 13.0 Å². The molecule has 0 saturated heterocycles. The fourth-order valence-electron chi connectivity index (χ4n) is 5.80. The zero-order chi connectivity index (χ0) is 26.1. The number of amides is 2. The fraction of sp³-hybridized carbons (Fsp3) is 0.391. The van der Waals surface area contributed by atoms with Crippen LogP contribution in [0.1, 0.15) is 24.0 Å². The van der Waals surface area contributed by atoms with E-state index in [9.17, 15) is 44.7 Å². The summed E-state index contributed by atoms with van der Waals surface area (Å²) in [7, 11) is 2.87. The largest absolute Gasteiger partial charge is 0.508 e. The number of ketones is 2. The van der Waals surface area contributed by atoms with E-state index >= 15 is 0 Å². The topological polar surface area (TPSA) is 211 Å². The van der Waals surface area contributed by atoms with E-state index < -0.39 is 81.4 Å². The molecule has 4 rings (SSSR count). The van der Waals surface area contributed by atoms with E-state index in [0.29, 0.717) is 12.0 Å². The number of carbonyl (C=O) groups excluding carboxylic acids is 4. The van der Waals surface area contributed by atoms with Crippen LogP contribution in [-0.4, -0.2) is 86.2 Å². The molecule has 8 N–H and O–H groups in total. The number of anilines is 1. The molecular weight excluding hydrogens is 462 g/mol. The highest BCUT2D eigenvalue weighted by Crippen LogP contribution is 2.56. The maximum Gasteiger partial charge on any atom is 0.255 e. The summed E-state index contributed by atoms with van der Waals surface area (Å²) in [6, 6.07) is 1.46. The van der Waals surface area contributed by atoms with Gasteiger partial charge < -0.3 is 36.6 Å². The number of phenols is 1. The molecule has 0 aromatic heterocycles. The number of likely N-dealkylation sites (N-methyl/N-ethyl adjacent to an activating group) is 1. The summed E-state index contributed by atoms with van der Waals surface area (Å²) >= 11 is 0. The van der Waals surface area contributed by atoms with Crippen LogP contribution in [0.2, 0.25) is 0 Å². The van der Waals surface area contributed by atoms with Crippen LogP contribution < -0.4 is 11.1 Å². The predicted molar refractivity (Wildman–Crippen MR) is 120 cm³/mol. The zero-order valence-corrected chi connectivity index (χ0v) is 19.0. The minimum absolute atomic E-state index is 0.0633. The number of hydrogen-bond donors (Lipinski definition) is 7. The number of phenolic OH excluding ortho intramolecular Hbond substituents is 1. The third-order valence-electron chi connectivity index (χ3n) is 7.34. The van der Waals surface area contributed by atoms with E-state index in [1.54, 1.807) is 6.92 Å². The third kappa shape index (κ3) is 2.97. The number of aliphatic hydroxyl groups excluding tert-OH is 3. The van der Waals surface area contributed by atoms with Crippen LogP contribution in [-0.2, 0) is 19.2 Å². The SMILES string of the molecule is C[C@H]1c2ccc(NC=O)c(O)c2C(O)=C2C(=O)[C@]3(O)C(O)=C(C(N)=O)C(=O)[C@@H](N(C)C)[C@@H]3[C@H](O)[C@@H]21. The number of nitrogens with zero attached hydrogens (tertiary/aromatic N) is 1. The molecule has 3 aliphatic carbocycles. The number of aliphatic hydroxyl groups is 4. The van der Waals surface area contributed by atoms with Crippen LogP contribution in [0, 0.1) is 11.8 Å². The van der Waals surface area contributed by atoms with Gasteiger partial charge in [-0.05, 0) is 31.6 Å². The number of aromatic hydroxyl groups is 1. The predicted octanol–water partition coefficient (Wildman–Crippen LogP) is -0.936. The Balaban J connectivity index is 2.05. The second-order valence-electron chi connectivity index (χ2n) is 9.24. The molecule has 3 aliphatic rings. The summed E-state index contributed by atoms with van der Waals surface area (Å²) in [6.45, 7) is 1.61. The lowest BCUT2D eigenvalue weighted by Gasteiger charge is -2.53. The molecule has 1 fully saturated rings. The first-order valence-electron chi connectivity index (χ1n) is 10.7. The van der Waals surface area contributed by atoms with E-state index in [2.05, 4.69) is 5.32 Å². The first-order chi connectivity index (χ1) is 16.3. The second-order valence-corrected chi connectivity index (χ2v) is 9.24. The van der Waals surface area contributed by atoms with Gasteiger partial charge in [0.2, 0.25) is 12.2 Å². The van der Waals surface area contributed by atoms with Crippen molar-refractivity contribution in [1.82, 2.24) is 4.90 Å². The van der Waals surface area contributed by atoms with Crippen LogP contribution in [0.4, 0.5) is 5.69 Å². The molecule has 1 aromatic rings. The summed E-state index contributed by atoms with van der Waals surface area (Å²) in [6.07, 6.45) is -1.36. The van der Waals surface area contributed by atoms with Crippen molar-refractivity contribution in [3.05, 3.63) is 40.2 Å². The fourth-order valence-corrected chi connectivity index (χ4v) is 5.80. The van der Waals surface area contributed by atoms with Crippen molar-refractivity contribution in [2.24, 2.45) is 17.6 Å². The van der Waals surface area contributed by atoms with Gasteiger partial charge in [-0.25, -0.2) is 0 Å². The molecular formula is C23H25N3O9. The number of rotatable bonds is 4. The molecule has 0 heterocycles. The van der Waals surface area contributed by atoms with Gasteiger partial charge >= 0.3 is 0 Å². The number of Topliss-reactive ketones (excluding diaryl/α,β-unsaturated/α-hetero) is 2. The van der Waals surface area contributed by atoms with Gasteiger partial charge in [-0.15, -0.1) is 0 Å². The molecule has 0 bridgehead atoms. The molecule has 12 heteroatoms. The molecule has 0 aliphatic heterocycles. The van der Waals surface area contributed by atoms with E-state index in [1.165, 1.54) is 31.1 Å². The van der Waals surface area contributed by atoms with E-state index in [1.807, 2.05) is 0 Å². The number of benzene rings is 1. The summed E-state index contributed by atoms with van der Waals surface area (Å²) < 4.78 is 0. The molecule has 0 unspecified atom stereocenters. The van der Waals surface area contributed by atoms with Crippen molar-refractivity contribution in [3.63, 3.8) is 0 Å². The first kappa shape index (κ1) is 24.4. The van der Waals surface area contributed by atoms with Gasteiger partial charge in [0, 0.05) is 11.5 Å². The van der Waals surface area contributed by atoms with Gasteiger partial charge in [-0.2, -0.15) is 0 Å². The highest BCUT2D eigenvalue weighted by Gasteiger charge is 2.68. The Morgan fingerprint density at radius 3 is 2.37 bits per heavy atom. The van der Waals surface area contributed by atoms with Crippen LogP contribution in [0.25, 0.3) is 5.76 Å². The number of carbonyl (C=O) groups is 4. The number of primary amides is 1. The van der Waals surface area contributed by atoms with Crippen LogP contribution in [0.15, 0.2) is 29.0 Å². The molecule has 186 valence electrons. The van der Waals surface area contributed by atoms with Gasteiger partial charge in [0.1, 0.15) is 22.8 Å². The molecule has 35 heavy (non-hydrogen) atoms. The number of fused-ring (bicyclic) bond motifs is 3. The highest BCUT2D eigenvalue weighted by atomic mass is 16.4. The van der Waals surface area contributed by atoms with Crippen molar-refractivity contribution >= 4 is 35.3 Å². The normalized spacial score (nSPS) is 32.2. The Kier molecular flexibility index (Phi) is 5.51. The van der Waals surface area contributed by atoms with Gasteiger partial charge in [-0.3, -0.25) is 24.1 Å². The lowest BCUT2D eigenvalue weighted by atomic mass is 9.54. The number of hydrogen-bond acceptors (Lipinski definition) is 10. The van der Waals surface area contributed by atoms with Crippen LogP contribution >= 0.6 is 0 Å². The van der Waals surface area contributed by atoms with Gasteiger partial charge in [0.25, 0.3) is 5.91 Å². The second kappa shape index (κ2) is 7.90. The van der Waals surface area contributed by atoms with Crippen molar-refractivity contribution in [2.75, 3.05) is 19.4 Å². The minimum atomic E-state index is -2.97. The summed E-state index contributed by atoms with van der Waals surface area (Å²) in [4.78, 5) is 51.1. The zero-order valence-electron chi connectivity index (χ0n) is 19.0. The Hall–Kier alpha value is -3.74. The van der Waals surface area contributed by atoms with Crippen LogP contribution in [0.5, 0.6) is 5.75 Å². The Labute approximate surface area is 199 Å². The van der Waals surface area contributed by atoms with Gasteiger partial charge in [0.15, 0.2) is 11.4 Å². The van der Waals surface area contributed by atoms with Crippen molar-refractivity contribution < 1.29 is 44.7 Å². The smallest absolute Gasteiger partial charge is 0.255 e. The average molecular weight is 487 g/mol. The average Bonchev–Trinajstić information content (AvgIpc) is 2.77. The molecule has 1 aromatic carbocycles. The van der Waals surface area contributed by atoms with Gasteiger partial charge in [0.05, 0.1) is 29.3 Å². The number of nitrogens with two attached hydrogens (primary N) is 1. The highest BCUT2D eigenvalue weighted by molar-refractivity contribution is 6.24. The monoisotopic (exact) mass is 487 g/mol. The quantitative estimate of drug-likeness (QED) is 0.157. The molecule has 0 radical (unpaired) electrons. The van der Waals surface area contributed by atoms with Crippen LogP contribution in [0.3, 0.4) is 0 Å². The summed E-state index contributed by atoms with van der Waals surface area (Å²) in [5, 5.41) is 57.9. The lowest BCUT2D eigenvalue weighted by Crippen LogP contribution is -2.70. The molecule has 12 nitrogen and oxygen atoms in total. The maximum atomic E-state index is 13.8. The number of nitrogens with one attached hydrogen (secondary N) is 1. The van der Waals surface area contributed by atoms with E-state index in [4.69, 9.17) is 5.73 Å². The Morgan fingerprint density at radius 2 is 1.83 bits per heavy atom. The standard InChI is InChI=1S/C23H25N3O9/c1-7-8-4-5-9(25-6-27)16(28)11(8)17(29)12-10(7)18(30)14-15(26(2)3)19(31)13(22(24)34)21(33)23(14,35)20(12)32/h4-7,10,14-15,18,28-30,33,35H,1-3H3,(H2,24,34)(H,25,27)/t7-,10+,14+,15-,18+,23-/m0/s1. The van der Waals surface area contributed by atoms with E-state index in [0.717, 1.165) is 0 Å². The summed E-state index contributed by atoms with van der Waals surface area (Å²) in [5.41, 5.74) is 0.884. The third-order valence-corrected chi connectivity index (χ3v) is 7.34. The molecule has 0 spiro atoms. The van der Waals surface area contributed by atoms with Crippen molar-refractivity contribution in [3.8, 4) is 5.75 Å². The molecule has 1 saturated carbocycles. The summed E-state index contributed by atoms with van der Waals surface area (Å²) in [5.74, 6) is -9.73. The Bertz CT molecular complexity index is 1250. The van der Waals surface area contributed by atoms with Crippen molar-refractivity contribution in [2.45, 2.75) is 30.6 Å². The maximum absolute atomic E-state index is 13.8. The lowest BCUT2D eigenvalue weighted by molar-refractivity contribution is -0.169. The first-order valence-corrected chi connectivity index (χ1v) is 10.7. The Morgan fingerprint density at radius 1 is 1.20 bits per heavy atom. The molecule has 2 amide bonds. The van der Waals surface area contributed by atoms with Crippen molar-refractivity contribution in [1.29, 1.82) is 0 Å².